The predicted molar refractivity (Wildman–Crippen MR) is 117 cm³/mol. The van der Waals surface area contributed by atoms with Gasteiger partial charge < -0.3 is 16.2 Å². The number of rotatable bonds is 7. The van der Waals surface area contributed by atoms with Crippen LogP contribution in [0.15, 0.2) is 45.2 Å². The summed E-state index contributed by atoms with van der Waals surface area (Å²) in [6.45, 7) is 0. The molecule has 0 bridgehead atoms. The lowest BCUT2D eigenvalue weighted by atomic mass is 9.86. The van der Waals surface area contributed by atoms with E-state index in [0.29, 0.717) is 9.80 Å². The summed E-state index contributed by atoms with van der Waals surface area (Å²) in [6, 6.07) is -0.833. The number of carbonyl (C=O) groups excluding carboxylic acids is 2. The zero-order valence-electron chi connectivity index (χ0n) is 17.4. The van der Waals surface area contributed by atoms with Gasteiger partial charge in [0.2, 0.25) is 6.04 Å². The number of allylic oxidation sites excluding steroid dienone is 1. The molecule has 2 aliphatic heterocycles. The summed E-state index contributed by atoms with van der Waals surface area (Å²) in [5, 5.41) is 13.9. The number of hydrogen-bond donors (Lipinski definition) is 3. The molecule has 184 valence electrons. The third kappa shape index (κ3) is 4.58. The average molecular weight is 528 g/mol. The molecule has 4 heterocycles. The van der Waals surface area contributed by atoms with Crippen LogP contribution in [0, 0.1) is 4.91 Å². The van der Waals surface area contributed by atoms with Gasteiger partial charge in [0.25, 0.3) is 11.8 Å². The second-order valence-electron chi connectivity index (χ2n) is 7.43. The topological polar surface area (TPSA) is 168 Å². The van der Waals surface area contributed by atoms with E-state index in [1.807, 2.05) is 0 Å². The fourth-order valence-electron chi connectivity index (χ4n) is 3.87. The average Bonchev–Trinajstić information content (AvgIpc) is 3.20. The first-order chi connectivity index (χ1) is 16.5. The van der Waals surface area contributed by atoms with Crippen molar-refractivity contribution in [1.29, 1.82) is 0 Å². The molecule has 1 saturated heterocycles. The van der Waals surface area contributed by atoms with Gasteiger partial charge in [0.05, 0.1) is 6.04 Å². The van der Waals surface area contributed by atoms with E-state index >= 15 is 0 Å². The number of halogens is 3. The van der Waals surface area contributed by atoms with Gasteiger partial charge in [-0.05, 0) is 30.2 Å². The second-order valence-corrected chi connectivity index (χ2v) is 9.63. The molecule has 2 aromatic rings. The normalized spacial score (nSPS) is 20.7. The Balaban J connectivity index is 1.54. The summed E-state index contributed by atoms with van der Waals surface area (Å²) in [6.07, 6.45) is -1.31. The highest BCUT2D eigenvalue weighted by Crippen LogP contribution is 2.44. The highest BCUT2D eigenvalue weighted by atomic mass is 32.2. The van der Waals surface area contributed by atoms with E-state index in [1.54, 1.807) is 12.1 Å². The molecule has 4 N–H and O–H groups in total. The van der Waals surface area contributed by atoms with E-state index in [9.17, 15) is 37.6 Å². The molecule has 0 radical (unpaired) electrons. The van der Waals surface area contributed by atoms with Crippen LogP contribution >= 0.6 is 23.1 Å². The van der Waals surface area contributed by atoms with E-state index in [2.05, 4.69) is 20.5 Å². The maximum absolute atomic E-state index is 13.3. The van der Waals surface area contributed by atoms with Crippen molar-refractivity contribution in [3.05, 3.63) is 50.6 Å². The van der Waals surface area contributed by atoms with Crippen LogP contribution in [0.25, 0.3) is 0 Å². The molecule has 1 fully saturated rings. The van der Waals surface area contributed by atoms with Crippen molar-refractivity contribution in [1.82, 2.24) is 20.2 Å². The van der Waals surface area contributed by atoms with Crippen molar-refractivity contribution < 1.29 is 32.7 Å². The molecule has 16 heteroatoms. The SMILES string of the molecule is Nc1nc(C(N=O)C(=O)NC2C(=O)N3C(C(=O)O)=C(Sc4ccncc4)CCC23)c(C(F)(F)F)s1. The summed E-state index contributed by atoms with van der Waals surface area (Å²) in [5.74, 6) is -3.39. The van der Waals surface area contributed by atoms with E-state index < -0.39 is 57.8 Å². The molecule has 0 aromatic carbocycles. The molecule has 0 aliphatic carbocycles. The first-order valence-electron chi connectivity index (χ1n) is 9.86. The number of carboxylic acid groups (broad SMARTS) is 1. The third-order valence-electron chi connectivity index (χ3n) is 5.32. The number of thiazole rings is 1. The number of fused-ring (bicyclic) bond motifs is 1. The van der Waals surface area contributed by atoms with Crippen LogP contribution in [0.4, 0.5) is 18.3 Å². The molecule has 2 aliphatic rings. The lowest BCUT2D eigenvalue weighted by Gasteiger charge is -2.50. The summed E-state index contributed by atoms with van der Waals surface area (Å²) >= 11 is 1.22. The predicted octanol–water partition coefficient (Wildman–Crippen LogP) is 2.52. The number of aliphatic carboxylic acids is 1. The smallest absolute Gasteiger partial charge is 0.427 e. The minimum absolute atomic E-state index is 0.0542. The number of β-lactam (4-membered cyclic amide) rings is 1. The van der Waals surface area contributed by atoms with E-state index in [1.165, 1.54) is 24.2 Å². The van der Waals surface area contributed by atoms with E-state index in [4.69, 9.17) is 5.73 Å². The molecule has 2 aromatic heterocycles. The Morgan fingerprint density at radius 2 is 2.03 bits per heavy atom. The summed E-state index contributed by atoms with van der Waals surface area (Å²) in [4.78, 5) is 56.9. The monoisotopic (exact) mass is 528 g/mol. The van der Waals surface area contributed by atoms with Crippen LogP contribution in [-0.2, 0) is 20.6 Å². The lowest BCUT2D eigenvalue weighted by Crippen LogP contribution is -2.71. The van der Waals surface area contributed by atoms with Gasteiger partial charge in [0, 0.05) is 22.2 Å². The molecule has 0 spiro atoms. The minimum Gasteiger partial charge on any atom is -0.477 e. The zero-order valence-corrected chi connectivity index (χ0v) is 19.0. The zero-order chi connectivity index (χ0) is 25.5. The number of hydrogen-bond acceptors (Lipinski definition) is 10. The third-order valence-corrected chi connectivity index (χ3v) is 7.42. The number of thioether (sulfide) groups is 1. The largest absolute Gasteiger partial charge is 0.477 e. The summed E-state index contributed by atoms with van der Waals surface area (Å²) in [5.41, 5.74) is 4.14. The molecule has 11 nitrogen and oxygen atoms in total. The Morgan fingerprint density at radius 3 is 2.63 bits per heavy atom. The molecule has 0 saturated carbocycles. The van der Waals surface area contributed by atoms with Gasteiger partial charge in [-0.15, -0.1) is 4.91 Å². The molecule has 35 heavy (non-hydrogen) atoms. The molecule has 3 unspecified atom stereocenters. The number of alkyl halides is 3. The standard InChI is InChI=1S/C19H15F3N6O5S2/c20-19(21,22)14-11(26-18(23)35-14)12(27-33)15(29)25-10-8-1-2-9(34-7-3-5-24-6-4-7)13(17(31)32)28(8)16(10)30/h3-6,8,10,12H,1-2H2,(H2,23,26)(H,25,29)(H,31,32). The quantitative estimate of drug-likeness (QED) is 0.361. The number of nitrogens with one attached hydrogen (secondary N) is 1. The molecule has 2 amide bonds. The molecular weight excluding hydrogens is 513 g/mol. The van der Waals surface area contributed by atoms with Gasteiger partial charge in [-0.2, -0.15) is 13.2 Å². The molecule has 3 atom stereocenters. The Hall–Kier alpha value is -3.53. The van der Waals surface area contributed by atoms with Gasteiger partial charge >= 0.3 is 12.1 Å². The lowest BCUT2D eigenvalue weighted by molar-refractivity contribution is -0.156. The fraction of sp³-hybridized carbons (Fsp3) is 0.316. The fourth-order valence-corrected chi connectivity index (χ4v) is 5.64. The van der Waals surface area contributed by atoms with Crippen molar-refractivity contribution in [3.63, 3.8) is 0 Å². The maximum Gasteiger partial charge on any atom is 0.427 e. The van der Waals surface area contributed by atoms with E-state index in [-0.39, 0.29) is 29.9 Å². The Bertz CT molecular complexity index is 1240. The van der Waals surface area contributed by atoms with Gasteiger partial charge in [-0.25, -0.2) is 9.78 Å². The number of carbonyl (C=O) groups is 3. The summed E-state index contributed by atoms with van der Waals surface area (Å²) < 4.78 is 39.8. The van der Waals surface area contributed by atoms with Crippen LogP contribution in [0.3, 0.4) is 0 Å². The van der Waals surface area contributed by atoms with Gasteiger partial charge in [-0.1, -0.05) is 23.1 Å². The number of aromatic nitrogens is 2. The van der Waals surface area contributed by atoms with Gasteiger partial charge in [0.1, 0.15) is 22.3 Å². The van der Waals surface area contributed by atoms with Crippen molar-refractivity contribution >= 4 is 46.0 Å². The maximum atomic E-state index is 13.3. The second kappa shape index (κ2) is 9.26. The number of nitrogens with two attached hydrogens (primary N) is 1. The van der Waals surface area contributed by atoms with Crippen LogP contribution in [0.5, 0.6) is 0 Å². The first-order valence-corrected chi connectivity index (χ1v) is 11.5. The van der Waals surface area contributed by atoms with Crippen molar-refractivity contribution in [2.45, 2.75) is 42.0 Å². The van der Waals surface area contributed by atoms with Crippen LogP contribution in [0.2, 0.25) is 0 Å². The number of nitrogens with zero attached hydrogens (tertiary/aromatic N) is 4. The Kier molecular flexibility index (Phi) is 6.50. The van der Waals surface area contributed by atoms with Gasteiger partial charge in [-0.3, -0.25) is 19.5 Å². The summed E-state index contributed by atoms with van der Waals surface area (Å²) in [7, 11) is 0. The number of amides is 2. The molecule has 4 rings (SSSR count). The van der Waals surface area contributed by atoms with Gasteiger partial charge in [0.15, 0.2) is 5.13 Å². The Morgan fingerprint density at radius 1 is 1.34 bits per heavy atom. The highest BCUT2D eigenvalue weighted by molar-refractivity contribution is 8.03. The minimum atomic E-state index is -4.93. The van der Waals surface area contributed by atoms with Crippen LogP contribution in [0.1, 0.15) is 29.5 Å². The molecular formula is C19H15F3N6O5S2. The highest BCUT2D eigenvalue weighted by Gasteiger charge is 2.54. The Labute approximate surface area is 202 Å². The number of nitroso groups, excluding NO2 is 1. The number of anilines is 1. The van der Waals surface area contributed by atoms with E-state index in [0.717, 1.165) is 4.90 Å². The van der Waals surface area contributed by atoms with Crippen LogP contribution in [-0.4, -0.2) is 49.8 Å². The first kappa shape index (κ1) is 24.6. The van der Waals surface area contributed by atoms with Crippen molar-refractivity contribution in [2.75, 3.05) is 5.73 Å². The number of carboxylic acids is 1. The van der Waals surface area contributed by atoms with Crippen LogP contribution < -0.4 is 11.1 Å². The van der Waals surface area contributed by atoms with Crippen molar-refractivity contribution in [2.24, 2.45) is 5.18 Å². The number of nitrogen functional groups attached to an aromatic ring is 1. The number of pyridine rings is 1. The van der Waals surface area contributed by atoms with Crippen molar-refractivity contribution in [3.8, 4) is 0 Å².